The molecule has 0 fully saturated rings. The minimum Gasteiger partial charge on any atom is -0.456 e. The largest absolute Gasteiger partial charge is 0.456 e. The summed E-state index contributed by atoms with van der Waals surface area (Å²) < 4.78 is 13.1. The Bertz CT molecular complexity index is 4240. The Hall–Kier alpha value is -9.36. The smallest absolute Gasteiger partial charge is 0.135 e. The third-order valence-electron chi connectivity index (χ3n) is 13.7. The fourth-order valence-electron chi connectivity index (χ4n) is 11.1. The van der Waals surface area contributed by atoms with Gasteiger partial charge in [0.1, 0.15) is 34.4 Å². The van der Waals surface area contributed by atoms with Gasteiger partial charge >= 0.3 is 0 Å². The van der Waals surface area contributed by atoms with Gasteiger partial charge in [-0.2, -0.15) is 10.5 Å². The molecule has 4 heterocycles. The molecule has 0 radical (unpaired) electrons. The highest BCUT2D eigenvalue weighted by atomic mass is 16.3. The van der Waals surface area contributed by atoms with Crippen LogP contribution < -0.4 is 0 Å². The SMILES string of the molecule is N#Cc1c(-n2c3ccccc3c3ccccc32)c(-c2ccc3oc4ccccc4c3c2)c(-n2c3ccccc3c3ccccc32)c(C#N)c1-n1c2ccccc2c2c3ccccc3ccc21. The second-order valence-electron chi connectivity index (χ2n) is 17.0. The lowest BCUT2D eigenvalue weighted by molar-refractivity contribution is 0.669. The number of fused-ring (bicyclic) bond motifs is 14. The molecule has 0 amide bonds. The summed E-state index contributed by atoms with van der Waals surface area (Å²) >= 11 is 0. The number of hydrogen-bond donors (Lipinski definition) is 0. The van der Waals surface area contributed by atoms with Crippen molar-refractivity contribution in [2.75, 3.05) is 0 Å². The van der Waals surface area contributed by atoms with Crippen LogP contribution in [-0.2, 0) is 0 Å². The normalized spacial score (nSPS) is 11.9. The predicted octanol–water partition coefficient (Wildman–Crippen LogP) is 15.4. The highest BCUT2D eigenvalue weighted by molar-refractivity contribution is 6.22. The van der Waals surface area contributed by atoms with Crippen LogP contribution in [0, 0.1) is 22.7 Å². The molecule has 66 heavy (non-hydrogen) atoms. The third-order valence-corrected chi connectivity index (χ3v) is 13.7. The van der Waals surface area contributed by atoms with Crippen LogP contribution in [0.4, 0.5) is 0 Å². The summed E-state index contributed by atoms with van der Waals surface area (Å²) in [7, 11) is 0. The van der Waals surface area contributed by atoms with Gasteiger partial charge in [0.05, 0.1) is 50.2 Å². The molecule has 0 aliphatic carbocycles. The maximum absolute atomic E-state index is 12.2. The van der Waals surface area contributed by atoms with E-state index in [1.54, 1.807) is 0 Å². The molecule has 0 unspecified atom stereocenters. The summed E-state index contributed by atoms with van der Waals surface area (Å²) in [5.74, 6) is 0. The van der Waals surface area contributed by atoms with Crippen molar-refractivity contribution < 1.29 is 4.42 Å². The molecule has 0 spiro atoms. The minimum atomic E-state index is 0.380. The van der Waals surface area contributed by atoms with Gasteiger partial charge in [-0.25, -0.2) is 0 Å². The standard InChI is InChI=1S/C60H33N5O/c61-34-46-58(65-52-27-13-7-22-44(52)57-38-16-2-1-15-36(38)29-31-53(57)65)47(35-62)60(64-50-25-11-5-19-41(50)42-20-6-12-26-51(42)64)56(37-30-32-55-45(33-37)43-21-8-14-28-54(43)66-55)59(46)63-48-23-9-3-17-39(48)40-18-4-10-24-49(40)63/h1-33H. The zero-order valence-electron chi connectivity index (χ0n) is 35.2. The van der Waals surface area contributed by atoms with Crippen molar-refractivity contribution in [3.8, 4) is 40.3 Å². The topological polar surface area (TPSA) is 75.5 Å². The van der Waals surface area contributed by atoms with E-state index in [9.17, 15) is 10.5 Å². The van der Waals surface area contributed by atoms with Gasteiger partial charge in [-0.1, -0.05) is 146 Å². The molecule has 0 bridgehead atoms. The van der Waals surface area contributed by atoms with Gasteiger partial charge in [-0.15, -0.1) is 0 Å². The Morgan fingerprint density at radius 2 is 0.758 bits per heavy atom. The third kappa shape index (κ3) is 4.77. The van der Waals surface area contributed by atoms with Crippen LogP contribution in [0.15, 0.2) is 205 Å². The quantitative estimate of drug-likeness (QED) is 0.177. The van der Waals surface area contributed by atoms with Gasteiger partial charge in [0, 0.05) is 48.7 Å². The van der Waals surface area contributed by atoms with E-state index in [2.05, 4.69) is 196 Å². The Labute approximate surface area is 376 Å². The van der Waals surface area contributed by atoms with Crippen molar-refractivity contribution in [3.05, 3.63) is 211 Å². The zero-order chi connectivity index (χ0) is 43.6. The molecule has 0 aliphatic heterocycles. The van der Waals surface area contributed by atoms with Gasteiger partial charge in [-0.3, -0.25) is 0 Å². The molecule has 304 valence electrons. The molecular formula is C60H33N5O. The van der Waals surface area contributed by atoms with Crippen molar-refractivity contribution in [3.63, 3.8) is 0 Å². The van der Waals surface area contributed by atoms with E-state index < -0.39 is 0 Å². The van der Waals surface area contributed by atoms with Gasteiger partial charge < -0.3 is 18.1 Å². The van der Waals surface area contributed by atoms with Gasteiger partial charge in [0.15, 0.2) is 0 Å². The average Bonchev–Trinajstić information content (AvgIpc) is 4.12. The van der Waals surface area contributed by atoms with Crippen LogP contribution in [0.3, 0.4) is 0 Å². The van der Waals surface area contributed by atoms with Crippen molar-refractivity contribution in [1.82, 2.24) is 13.7 Å². The summed E-state index contributed by atoms with van der Waals surface area (Å²) in [4.78, 5) is 0. The van der Waals surface area contributed by atoms with Gasteiger partial charge in [0.25, 0.3) is 0 Å². The molecule has 0 atom stereocenters. The van der Waals surface area contributed by atoms with Crippen LogP contribution in [0.2, 0.25) is 0 Å². The monoisotopic (exact) mass is 839 g/mol. The van der Waals surface area contributed by atoms with E-state index >= 15 is 0 Å². The maximum Gasteiger partial charge on any atom is 0.135 e. The number of benzene rings is 10. The van der Waals surface area contributed by atoms with Crippen LogP contribution in [0.1, 0.15) is 11.1 Å². The molecule has 14 rings (SSSR count). The second kappa shape index (κ2) is 13.6. The summed E-state index contributed by atoms with van der Waals surface area (Å²) in [6.07, 6.45) is 0. The van der Waals surface area contributed by atoms with Crippen LogP contribution in [0.25, 0.3) is 126 Å². The number of nitrogens with zero attached hydrogens (tertiary/aromatic N) is 5. The average molecular weight is 840 g/mol. The molecule has 0 aliphatic rings. The van der Waals surface area contributed by atoms with E-state index in [-0.39, 0.29) is 0 Å². The number of para-hydroxylation sites is 6. The van der Waals surface area contributed by atoms with Crippen molar-refractivity contribution in [2.24, 2.45) is 0 Å². The Morgan fingerprint density at radius 3 is 1.30 bits per heavy atom. The molecule has 4 aromatic heterocycles. The predicted molar refractivity (Wildman–Crippen MR) is 269 cm³/mol. The Kier molecular flexibility index (Phi) is 7.43. The number of hydrogen-bond acceptors (Lipinski definition) is 3. The summed E-state index contributed by atoms with van der Waals surface area (Å²) in [6.45, 7) is 0. The summed E-state index contributed by atoms with van der Waals surface area (Å²) in [6, 6.07) is 74.8. The first-order valence-electron chi connectivity index (χ1n) is 22.1. The highest BCUT2D eigenvalue weighted by Crippen LogP contribution is 2.50. The van der Waals surface area contributed by atoms with Crippen molar-refractivity contribution >= 4 is 98.1 Å². The van der Waals surface area contributed by atoms with Crippen LogP contribution in [-0.4, -0.2) is 13.7 Å². The number of furan rings is 1. The molecule has 6 heteroatoms. The van der Waals surface area contributed by atoms with Gasteiger partial charge in [-0.05, 0) is 70.9 Å². The van der Waals surface area contributed by atoms with Crippen molar-refractivity contribution in [1.29, 1.82) is 10.5 Å². The minimum absolute atomic E-state index is 0.380. The number of nitriles is 2. The van der Waals surface area contributed by atoms with Crippen LogP contribution in [0.5, 0.6) is 0 Å². The number of aromatic nitrogens is 3. The van der Waals surface area contributed by atoms with E-state index in [0.717, 1.165) is 109 Å². The molecule has 0 saturated heterocycles. The van der Waals surface area contributed by atoms with E-state index in [4.69, 9.17) is 4.42 Å². The van der Waals surface area contributed by atoms with E-state index in [1.807, 2.05) is 30.3 Å². The molecule has 6 nitrogen and oxygen atoms in total. The highest BCUT2D eigenvalue weighted by Gasteiger charge is 2.33. The first-order chi connectivity index (χ1) is 32.7. The Morgan fingerprint density at radius 1 is 0.333 bits per heavy atom. The lowest BCUT2D eigenvalue weighted by atomic mass is 9.91. The second-order valence-corrected chi connectivity index (χ2v) is 17.0. The molecule has 0 N–H and O–H groups in total. The Balaban J connectivity index is 1.30. The lowest BCUT2D eigenvalue weighted by Gasteiger charge is -2.26. The molecule has 0 saturated carbocycles. The first-order valence-corrected chi connectivity index (χ1v) is 22.1. The lowest BCUT2D eigenvalue weighted by Crippen LogP contribution is -2.14. The first kappa shape index (κ1) is 36.2. The zero-order valence-corrected chi connectivity index (χ0v) is 35.2. The summed E-state index contributed by atoms with van der Waals surface area (Å²) in [5.41, 5.74) is 11.4. The molecular weight excluding hydrogens is 807 g/mol. The summed E-state index contributed by atoms with van der Waals surface area (Å²) in [5, 5.41) is 34.9. The van der Waals surface area contributed by atoms with Crippen LogP contribution >= 0.6 is 0 Å². The van der Waals surface area contributed by atoms with E-state index in [1.165, 1.54) is 0 Å². The van der Waals surface area contributed by atoms with E-state index in [0.29, 0.717) is 28.2 Å². The maximum atomic E-state index is 12.2. The van der Waals surface area contributed by atoms with Gasteiger partial charge in [0.2, 0.25) is 0 Å². The molecule has 10 aromatic carbocycles. The fraction of sp³-hybridized carbons (Fsp3) is 0. The van der Waals surface area contributed by atoms with Crippen molar-refractivity contribution in [2.45, 2.75) is 0 Å². The number of rotatable bonds is 4. The molecule has 14 aromatic rings. The fourth-order valence-corrected chi connectivity index (χ4v) is 11.1.